The SMILES string of the molecule is O=C1C2=C(O)CC=CN2N2CN1CCCCCOc1cccc3c1[C@@H]2c1ccccc1SC3. The predicted molar refractivity (Wildman–Crippen MR) is 127 cm³/mol. The number of nitrogens with zero attached hydrogens (tertiary/aromatic N) is 3. The van der Waals surface area contributed by atoms with E-state index in [9.17, 15) is 9.90 Å². The predicted octanol–water partition coefficient (Wildman–Crippen LogP) is 4.95. The number of carbonyl (C=O) groups excluding carboxylic acids is 1. The van der Waals surface area contributed by atoms with Gasteiger partial charge in [-0.3, -0.25) is 9.80 Å². The van der Waals surface area contributed by atoms with Crippen molar-refractivity contribution in [3.63, 3.8) is 0 Å². The molecule has 1 unspecified atom stereocenters. The molecule has 1 fully saturated rings. The highest BCUT2D eigenvalue weighted by atomic mass is 32.2. The number of carbonyl (C=O) groups is 1. The van der Waals surface area contributed by atoms with Gasteiger partial charge in [0.15, 0.2) is 5.70 Å². The van der Waals surface area contributed by atoms with Crippen molar-refractivity contribution < 1.29 is 14.6 Å². The molecule has 33 heavy (non-hydrogen) atoms. The lowest BCUT2D eigenvalue weighted by Gasteiger charge is -2.49. The fourth-order valence-corrected chi connectivity index (χ4v) is 6.30. The molecule has 0 aromatic heterocycles. The Balaban J connectivity index is 1.60. The van der Waals surface area contributed by atoms with E-state index in [4.69, 9.17) is 4.74 Å². The van der Waals surface area contributed by atoms with Crippen molar-refractivity contribution in [2.45, 2.75) is 42.4 Å². The number of allylic oxidation sites excluding steroid dienone is 1. The Bertz CT molecular complexity index is 1160. The number of rotatable bonds is 0. The van der Waals surface area contributed by atoms with E-state index in [2.05, 4.69) is 47.5 Å². The Morgan fingerprint density at radius 1 is 1.06 bits per heavy atom. The van der Waals surface area contributed by atoms with E-state index < -0.39 is 0 Å². The van der Waals surface area contributed by atoms with Crippen LogP contribution in [0.5, 0.6) is 5.75 Å². The summed E-state index contributed by atoms with van der Waals surface area (Å²) in [5, 5.41) is 14.9. The van der Waals surface area contributed by atoms with Crippen molar-refractivity contribution in [2.75, 3.05) is 19.8 Å². The van der Waals surface area contributed by atoms with E-state index in [1.165, 1.54) is 16.0 Å². The van der Waals surface area contributed by atoms with Gasteiger partial charge in [0, 0.05) is 35.4 Å². The zero-order valence-electron chi connectivity index (χ0n) is 18.4. The lowest BCUT2D eigenvalue weighted by molar-refractivity contribution is -0.149. The Morgan fingerprint density at radius 2 is 1.97 bits per heavy atom. The smallest absolute Gasteiger partial charge is 0.276 e. The second kappa shape index (κ2) is 8.47. The second-order valence-corrected chi connectivity index (χ2v) is 9.86. The zero-order valence-corrected chi connectivity index (χ0v) is 19.3. The van der Waals surface area contributed by atoms with E-state index in [-0.39, 0.29) is 17.7 Å². The molecule has 0 aliphatic carbocycles. The van der Waals surface area contributed by atoms with Crippen LogP contribution in [0.4, 0.5) is 0 Å². The third kappa shape index (κ3) is 3.50. The molecule has 4 heterocycles. The van der Waals surface area contributed by atoms with Crippen molar-refractivity contribution in [2.24, 2.45) is 0 Å². The van der Waals surface area contributed by atoms with Crippen molar-refractivity contribution in [1.82, 2.24) is 14.9 Å². The number of thioether (sulfide) groups is 1. The number of amides is 1. The minimum absolute atomic E-state index is 0.0915. The molecule has 0 spiro atoms. The first kappa shape index (κ1) is 20.7. The number of benzene rings is 2. The average molecular weight is 462 g/mol. The molecule has 1 saturated heterocycles. The molecule has 4 aliphatic heterocycles. The topological polar surface area (TPSA) is 56.2 Å². The molecular weight excluding hydrogens is 434 g/mol. The van der Waals surface area contributed by atoms with Crippen LogP contribution in [-0.4, -0.2) is 45.8 Å². The van der Waals surface area contributed by atoms with Crippen molar-refractivity contribution >= 4 is 17.7 Å². The van der Waals surface area contributed by atoms with Crippen molar-refractivity contribution in [1.29, 1.82) is 0 Å². The largest absolute Gasteiger partial charge is 0.510 e. The summed E-state index contributed by atoms with van der Waals surface area (Å²) in [5.74, 6) is 1.81. The Labute approximate surface area is 198 Å². The van der Waals surface area contributed by atoms with Crippen LogP contribution in [0.3, 0.4) is 0 Å². The van der Waals surface area contributed by atoms with Gasteiger partial charge in [0.1, 0.15) is 11.5 Å². The van der Waals surface area contributed by atoms with Gasteiger partial charge in [-0.15, -0.1) is 11.8 Å². The summed E-state index contributed by atoms with van der Waals surface area (Å²) in [6.45, 7) is 1.79. The van der Waals surface area contributed by atoms with Crippen LogP contribution in [0.1, 0.15) is 48.4 Å². The van der Waals surface area contributed by atoms with Crippen LogP contribution in [0.25, 0.3) is 0 Å². The number of hydrazine groups is 1. The first-order chi connectivity index (χ1) is 16.2. The molecule has 2 bridgehead atoms. The van der Waals surface area contributed by atoms with Gasteiger partial charge in [0.05, 0.1) is 19.3 Å². The number of hydrogen-bond donors (Lipinski definition) is 1. The quantitative estimate of drug-likeness (QED) is 0.599. The first-order valence-corrected chi connectivity index (χ1v) is 12.6. The van der Waals surface area contributed by atoms with Gasteiger partial charge in [-0.1, -0.05) is 36.4 Å². The lowest BCUT2D eigenvalue weighted by atomic mass is 9.93. The third-order valence-corrected chi connectivity index (χ3v) is 7.94. The molecule has 1 N–H and O–H groups in total. The molecule has 2 aromatic carbocycles. The van der Waals surface area contributed by atoms with Gasteiger partial charge < -0.3 is 14.7 Å². The molecule has 6 nitrogen and oxygen atoms in total. The van der Waals surface area contributed by atoms with Crippen LogP contribution in [-0.2, 0) is 10.5 Å². The summed E-state index contributed by atoms with van der Waals surface area (Å²) in [6.07, 6.45) is 7.08. The molecule has 2 atom stereocenters. The number of ether oxygens (including phenoxy) is 1. The first-order valence-electron chi connectivity index (χ1n) is 11.6. The molecule has 7 heteroatoms. The Morgan fingerprint density at radius 3 is 2.91 bits per heavy atom. The summed E-state index contributed by atoms with van der Waals surface area (Å²) in [7, 11) is 0. The minimum atomic E-state index is -0.150. The van der Waals surface area contributed by atoms with Gasteiger partial charge in [-0.2, -0.15) is 5.01 Å². The molecule has 1 amide bonds. The van der Waals surface area contributed by atoms with Crippen molar-refractivity contribution in [3.05, 3.63) is 82.9 Å². The van der Waals surface area contributed by atoms with Crippen molar-refractivity contribution in [3.8, 4) is 5.75 Å². The minimum Gasteiger partial charge on any atom is -0.510 e. The maximum Gasteiger partial charge on any atom is 0.276 e. The van der Waals surface area contributed by atoms with E-state index in [0.717, 1.165) is 36.3 Å². The molecule has 2 aromatic rings. The maximum atomic E-state index is 13.4. The molecule has 170 valence electrons. The monoisotopic (exact) mass is 461 g/mol. The van der Waals surface area contributed by atoms with E-state index >= 15 is 0 Å². The number of aliphatic hydroxyl groups excluding tert-OH is 1. The van der Waals surface area contributed by atoms with Gasteiger partial charge in [0.25, 0.3) is 5.91 Å². The standard InChI is InChI=1S/C26H27N3O3S/c30-20-10-7-14-28-25(20)26(31)27-13-4-1-5-15-32-21-11-6-8-18-16-33-22-12-3-2-9-19(22)24(23(18)21)29(28)17-27/h2-3,6-9,11-12,14,24,30H,1,4-5,10,13,15-17H2/t24-/m0/s1. The van der Waals surface area contributed by atoms with Gasteiger partial charge >= 0.3 is 0 Å². The summed E-state index contributed by atoms with van der Waals surface area (Å²) in [6, 6.07) is 14.7. The Hall–Kier alpha value is -2.90. The van der Waals surface area contributed by atoms with Gasteiger partial charge in [0.2, 0.25) is 0 Å². The lowest BCUT2D eigenvalue weighted by Crippen LogP contribution is -2.58. The average Bonchev–Trinajstić information content (AvgIpc) is 2.99. The van der Waals surface area contributed by atoms with E-state index in [1.807, 2.05) is 33.9 Å². The highest BCUT2D eigenvalue weighted by Crippen LogP contribution is 2.48. The zero-order chi connectivity index (χ0) is 22.4. The summed E-state index contributed by atoms with van der Waals surface area (Å²) >= 11 is 1.84. The summed E-state index contributed by atoms with van der Waals surface area (Å²) < 4.78 is 6.38. The normalized spacial score (nSPS) is 24.5. The maximum absolute atomic E-state index is 13.4. The molecular formula is C26H27N3O3S. The van der Waals surface area contributed by atoms with E-state index in [0.29, 0.717) is 31.9 Å². The van der Waals surface area contributed by atoms with Crippen LogP contribution >= 0.6 is 11.8 Å². The third-order valence-electron chi connectivity index (χ3n) is 6.80. The summed E-state index contributed by atoms with van der Waals surface area (Å²) in [5.41, 5.74) is 3.97. The summed E-state index contributed by atoms with van der Waals surface area (Å²) in [4.78, 5) is 16.5. The Kier molecular flexibility index (Phi) is 5.31. The second-order valence-electron chi connectivity index (χ2n) is 8.85. The fourth-order valence-electron chi connectivity index (χ4n) is 5.21. The van der Waals surface area contributed by atoms with Gasteiger partial charge in [-0.05, 0) is 42.5 Å². The number of fused-ring (bicyclic) bond motifs is 7. The van der Waals surface area contributed by atoms with Gasteiger partial charge in [-0.25, -0.2) is 0 Å². The van der Waals surface area contributed by atoms with Crippen LogP contribution < -0.4 is 4.74 Å². The van der Waals surface area contributed by atoms with E-state index in [1.54, 1.807) is 0 Å². The number of aliphatic hydroxyl groups is 1. The highest BCUT2D eigenvalue weighted by molar-refractivity contribution is 7.98. The molecule has 0 saturated carbocycles. The molecule has 6 rings (SSSR count). The van der Waals surface area contributed by atoms with Crippen LogP contribution in [0.15, 0.2) is 71.1 Å². The highest BCUT2D eigenvalue weighted by Gasteiger charge is 2.43. The molecule has 4 aliphatic rings. The van der Waals surface area contributed by atoms with Crippen LogP contribution in [0, 0.1) is 0 Å². The number of hydrogen-bond acceptors (Lipinski definition) is 6. The fraction of sp³-hybridized carbons (Fsp3) is 0.346. The molecule has 0 radical (unpaired) electrons. The van der Waals surface area contributed by atoms with Crippen LogP contribution in [0.2, 0.25) is 0 Å².